The van der Waals surface area contributed by atoms with E-state index in [-0.39, 0.29) is 5.78 Å². The first-order valence-corrected chi connectivity index (χ1v) is 6.22. The Morgan fingerprint density at radius 3 is 2.26 bits per heavy atom. The van der Waals surface area contributed by atoms with Gasteiger partial charge in [0.05, 0.1) is 22.8 Å². The van der Waals surface area contributed by atoms with Gasteiger partial charge in [0.1, 0.15) is 5.75 Å². The predicted octanol–water partition coefficient (Wildman–Crippen LogP) is 3.82. The second-order valence-corrected chi connectivity index (χ2v) is 4.73. The van der Waals surface area contributed by atoms with E-state index < -0.39 is 0 Å². The smallest absolute Gasteiger partial charge is 0.193 e. The summed E-state index contributed by atoms with van der Waals surface area (Å²) in [6.45, 7) is 0. The molecule has 3 nitrogen and oxygen atoms in total. The lowest BCUT2D eigenvalue weighted by Gasteiger charge is -2.07. The van der Waals surface area contributed by atoms with Crippen molar-refractivity contribution in [3.8, 4) is 5.75 Å². The molecule has 0 radical (unpaired) electrons. The monoisotopic (exact) mass is 295 g/mol. The van der Waals surface area contributed by atoms with Gasteiger partial charge < -0.3 is 10.5 Å². The van der Waals surface area contributed by atoms with Gasteiger partial charge >= 0.3 is 0 Å². The molecule has 0 unspecified atom stereocenters. The fourth-order valence-electron chi connectivity index (χ4n) is 1.68. The van der Waals surface area contributed by atoms with Crippen LogP contribution in [0, 0.1) is 0 Å². The molecule has 0 fully saturated rings. The van der Waals surface area contributed by atoms with Crippen LogP contribution < -0.4 is 10.5 Å². The highest BCUT2D eigenvalue weighted by molar-refractivity contribution is 6.42. The molecule has 0 saturated heterocycles. The van der Waals surface area contributed by atoms with Gasteiger partial charge in [0, 0.05) is 11.1 Å². The number of nitrogen functional groups attached to an aromatic ring is 1. The molecule has 2 aromatic carbocycles. The van der Waals surface area contributed by atoms with Gasteiger partial charge in [-0.25, -0.2) is 0 Å². The summed E-state index contributed by atoms with van der Waals surface area (Å²) in [6.07, 6.45) is 0. The minimum absolute atomic E-state index is 0.173. The molecule has 19 heavy (non-hydrogen) atoms. The molecule has 0 aliphatic carbocycles. The third-order valence-electron chi connectivity index (χ3n) is 2.67. The number of hydrogen-bond acceptors (Lipinski definition) is 3. The summed E-state index contributed by atoms with van der Waals surface area (Å²) in [5, 5.41) is 0.751. The molecule has 2 aromatic rings. The molecule has 0 aliphatic rings. The molecule has 2 N–H and O–H groups in total. The highest BCUT2D eigenvalue weighted by Gasteiger charge is 2.12. The molecule has 5 heteroatoms. The van der Waals surface area contributed by atoms with Crippen molar-refractivity contribution in [1.82, 2.24) is 0 Å². The Morgan fingerprint density at radius 2 is 1.68 bits per heavy atom. The maximum absolute atomic E-state index is 12.3. The van der Waals surface area contributed by atoms with Gasteiger partial charge in [0.15, 0.2) is 5.78 Å². The lowest BCUT2D eigenvalue weighted by Crippen LogP contribution is -2.03. The minimum Gasteiger partial charge on any atom is -0.495 e. The zero-order valence-electron chi connectivity index (χ0n) is 10.1. The van der Waals surface area contributed by atoms with Gasteiger partial charge in [-0.2, -0.15) is 0 Å². The Bertz CT molecular complexity index is 641. The molecule has 2 rings (SSSR count). The van der Waals surface area contributed by atoms with E-state index in [1.54, 1.807) is 30.3 Å². The van der Waals surface area contributed by atoms with Crippen molar-refractivity contribution in [1.29, 1.82) is 0 Å². The van der Waals surface area contributed by atoms with Gasteiger partial charge in [-0.1, -0.05) is 23.2 Å². The second kappa shape index (κ2) is 5.51. The Hall–Kier alpha value is -1.71. The quantitative estimate of drug-likeness (QED) is 0.692. The summed E-state index contributed by atoms with van der Waals surface area (Å²) in [5.74, 6) is 0.360. The van der Waals surface area contributed by atoms with E-state index in [1.165, 1.54) is 13.2 Å². The molecule has 0 aromatic heterocycles. The number of anilines is 1. The van der Waals surface area contributed by atoms with Crippen molar-refractivity contribution in [2.45, 2.75) is 0 Å². The molecule has 0 aliphatic heterocycles. The fourth-order valence-corrected chi connectivity index (χ4v) is 1.98. The van der Waals surface area contributed by atoms with Crippen LogP contribution in [0.3, 0.4) is 0 Å². The van der Waals surface area contributed by atoms with Crippen LogP contribution in [0.15, 0.2) is 36.4 Å². The van der Waals surface area contributed by atoms with Crippen LogP contribution in [-0.4, -0.2) is 12.9 Å². The maximum Gasteiger partial charge on any atom is 0.193 e. The first-order chi connectivity index (χ1) is 9.02. The minimum atomic E-state index is -0.173. The van der Waals surface area contributed by atoms with E-state index in [1.807, 2.05) is 0 Å². The third kappa shape index (κ3) is 2.83. The van der Waals surface area contributed by atoms with Crippen LogP contribution >= 0.6 is 23.2 Å². The average Bonchev–Trinajstić information content (AvgIpc) is 2.41. The number of carbonyl (C=O) groups excluding carboxylic acids is 1. The number of carbonyl (C=O) groups is 1. The molecule has 0 spiro atoms. The third-order valence-corrected chi connectivity index (χ3v) is 3.41. The average molecular weight is 296 g/mol. The van der Waals surface area contributed by atoms with E-state index in [0.29, 0.717) is 32.6 Å². The van der Waals surface area contributed by atoms with Gasteiger partial charge in [0.25, 0.3) is 0 Å². The zero-order valence-corrected chi connectivity index (χ0v) is 11.6. The van der Waals surface area contributed by atoms with Crippen LogP contribution in [0.25, 0.3) is 0 Å². The highest BCUT2D eigenvalue weighted by Crippen LogP contribution is 2.26. The van der Waals surface area contributed by atoms with Crippen LogP contribution in [0.4, 0.5) is 5.69 Å². The lowest BCUT2D eigenvalue weighted by molar-refractivity contribution is 0.103. The molecular weight excluding hydrogens is 285 g/mol. The number of benzene rings is 2. The van der Waals surface area contributed by atoms with Crippen LogP contribution in [0.2, 0.25) is 10.0 Å². The van der Waals surface area contributed by atoms with E-state index in [9.17, 15) is 4.79 Å². The topological polar surface area (TPSA) is 52.3 Å². The van der Waals surface area contributed by atoms with E-state index in [4.69, 9.17) is 33.7 Å². The van der Waals surface area contributed by atoms with E-state index in [2.05, 4.69) is 0 Å². The molecule has 0 saturated carbocycles. The van der Waals surface area contributed by atoms with Gasteiger partial charge in [-0.05, 0) is 36.4 Å². The van der Waals surface area contributed by atoms with Crippen molar-refractivity contribution >= 4 is 34.7 Å². The summed E-state index contributed by atoms with van der Waals surface area (Å²) in [6, 6.07) is 9.62. The van der Waals surface area contributed by atoms with Crippen molar-refractivity contribution in [3.63, 3.8) is 0 Å². The SMILES string of the molecule is COc1ccc(C(=O)c2ccc(Cl)c(Cl)c2)cc1N. The normalized spacial score (nSPS) is 10.3. The highest BCUT2D eigenvalue weighted by atomic mass is 35.5. The zero-order chi connectivity index (χ0) is 14.0. The molecular formula is C14H11Cl2NO2. The van der Waals surface area contributed by atoms with Crippen molar-refractivity contribution < 1.29 is 9.53 Å². The summed E-state index contributed by atoms with van der Waals surface area (Å²) in [5.41, 5.74) is 7.11. The Balaban J connectivity index is 2.38. The Labute approximate surface area is 120 Å². The Morgan fingerprint density at radius 1 is 1.05 bits per heavy atom. The van der Waals surface area contributed by atoms with Crippen LogP contribution in [0.1, 0.15) is 15.9 Å². The van der Waals surface area contributed by atoms with Crippen molar-refractivity contribution in [2.75, 3.05) is 12.8 Å². The van der Waals surface area contributed by atoms with Crippen molar-refractivity contribution in [3.05, 3.63) is 57.6 Å². The summed E-state index contributed by atoms with van der Waals surface area (Å²) in [4.78, 5) is 12.3. The number of ether oxygens (including phenoxy) is 1. The number of rotatable bonds is 3. The molecule has 0 bridgehead atoms. The maximum atomic E-state index is 12.3. The molecule has 0 amide bonds. The fraction of sp³-hybridized carbons (Fsp3) is 0.0714. The molecule has 0 atom stereocenters. The second-order valence-electron chi connectivity index (χ2n) is 3.91. The molecule has 98 valence electrons. The number of methoxy groups -OCH3 is 1. The van der Waals surface area contributed by atoms with E-state index in [0.717, 1.165) is 0 Å². The first-order valence-electron chi connectivity index (χ1n) is 5.46. The number of nitrogens with two attached hydrogens (primary N) is 1. The largest absolute Gasteiger partial charge is 0.495 e. The number of ketones is 1. The van der Waals surface area contributed by atoms with E-state index >= 15 is 0 Å². The van der Waals surface area contributed by atoms with Crippen molar-refractivity contribution in [2.24, 2.45) is 0 Å². The Kier molecular flexibility index (Phi) is 3.98. The van der Waals surface area contributed by atoms with Crippen LogP contribution in [0.5, 0.6) is 5.75 Å². The van der Waals surface area contributed by atoms with Crippen LogP contribution in [-0.2, 0) is 0 Å². The van der Waals surface area contributed by atoms with Gasteiger partial charge in [-0.3, -0.25) is 4.79 Å². The first kappa shape index (κ1) is 13.7. The predicted molar refractivity (Wildman–Crippen MR) is 77.3 cm³/mol. The van der Waals surface area contributed by atoms with Gasteiger partial charge in [0.2, 0.25) is 0 Å². The lowest BCUT2D eigenvalue weighted by atomic mass is 10.0. The standard InChI is InChI=1S/C14H11Cl2NO2/c1-19-13-5-3-9(7-12(13)17)14(18)8-2-4-10(15)11(16)6-8/h2-7H,17H2,1H3. The summed E-state index contributed by atoms with van der Waals surface area (Å²) < 4.78 is 5.05. The summed E-state index contributed by atoms with van der Waals surface area (Å²) in [7, 11) is 1.52. The summed E-state index contributed by atoms with van der Waals surface area (Å²) >= 11 is 11.7. The number of hydrogen-bond donors (Lipinski definition) is 1. The number of halogens is 2. The van der Waals surface area contributed by atoms with Gasteiger partial charge in [-0.15, -0.1) is 0 Å². The molecule has 0 heterocycles.